The Hall–Kier alpha value is -6.47. The zero-order chi connectivity index (χ0) is 42.4. The van der Waals surface area contributed by atoms with Gasteiger partial charge in [-0.25, -0.2) is 15.0 Å². The fourth-order valence-corrected chi connectivity index (χ4v) is 9.32. The number of benzene rings is 2. The van der Waals surface area contributed by atoms with E-state index in [4.69, 9.17) is 31.5 Å². The lowest BCUT2D eigenvalue weighted by atomic mass is 9.90. The van der Waals surface area contributed by atoms with Crippen LogP contribution in [0, 0.1) is 0 Å². The summed E-state index contributed by atoms with van der Waals surface area (Å²) in [4.78, 5) is 40.4. The third-order valence-electron chi connectivity index (χ3n) is 12.6. The van der Waals surface area contributed by atoms with Gasteiger partial charge in [0, 0.05) is 111 Å². The Morgan fingerprint density at radius 1 is 0.508 bits per heavy atom. The highest BCUT2D eigenvalue weighted by atomic mass is 35.5. The van der Waals surface area contributed by atoms with Crippen LogP contribution in [0.3, 0.4) is 0 Å². The predicted octanol–water partition coefficient (Wildman–Crippen LogP) is 8.28. The van der Waals surface area contributed by atoms with Crippen molar-refractivity contribution in [1.29, 1.82) is 0 Å². The fourth-order valence-electron chi connectivity index (χ4n) is 9.06. The predicted molar refractivity (Wildman–Crippen MR) is 249 cm³/mol. The second-order valence-electron chi connectivity index (χ2n) is 16.6. The lowest BCUT2D eigenvalue weighted by Gasteiger charge is -2.40. The number of fused-ring (bicyclic) bond motifs is 2. The number of rotatable bonds is 7. The van der Waals surface area contributed by atoms with Crippen molar-refractivity contribution in [3.05, 3.63) is 180 Å². The molecule has 3 atom stereocenters. The molecule has 316 valence electrons. The zero-order valence-electron chi connectivity index (χ0n) is 35.0. The summed E-state index contributed by atoms with van der Waals surface area (Å²) in [6.07, 6.45) is 16.8. The first-order valence-corrected chi connectivity index (χ1v) is 22.2. The van der Waals surface area contributed by atoms with Crippen LogP contribution in [0.2, 0.25) is 5.15 Å². The first-order chi connectivity index (χ1) is 31.1. The average Bonchev–Trinajstić information content (AvgIpc) is 4.05. The molecule has 13 heteroatoms. The summed E-state index contributed by atoms with van der Waals surface area (Å²) >= 11 is 6.10. The monoisotopic (exact) mass is 852 g/mol. The van der Waals surface area contributed by atoms with Gasteiger partial charge in [0.2, 0.25) is 0 Å². The Morgan fingerprint density at radius 3 is 1.63 bits per heavy atom. The van der Waals surface area contributed by atoms with Crippen molar-refractivity contribution in [3.8, 4) is 0 Å². The molecule has 4 saturated heterocycles. The van der Waals surface area contributed by atoms with Crippen LogP contribution in [0.5, 0.6) is 0 Å². The molecule has 3 unspecified atom stereocenters. The highest BCUT2D eigenvalue weighted by molar-refractivity contribution is 6.30. The Balaban J connectivity index is 0.000000126. The number of halogens is 1. The van der Waals surface area contributed by atoms with Crippen molar-refractivity contribution < 1.29 is 0 Å². The summed E-state index contributed by atoms with van der Waals surface area (Å²) in [5.74, 6) is 3.92. The van der Waals surface area contributed by atoms with Crippen molar-refractivity contribution in [3.63, 3.8) is 0 Å². The Labute approximate surface area is 372 Å². The van der Waals surface area contributed by atoms with Crippen LogP contribution in [-0.2, 0) is 0 Å². The molecular weight excluding hydrogens is 804 g/mol. The van der Waals surface area contributed by atoms with Crippen LogP contribution in [0.25, 0.3) is 21.8 Å². The Morgan fingerprint density at radius 2 is 1.06 bits per heavy atom. The zero-order valence-corrected chi connectivity index (χ0v) is 35.7. The van der Waals surface area contributed by atoms with E-state index in [0.29, 0.717) is 28.8 Å². The molecule has 63 heavy (non-hydrogen) atoms. The van der Waals surface area contributed by atoms with Gasteiger partial charge in [-0.2, -0.15) is 0 Å². The second-order valence-corrected chi connectivity index (χ2v) is 17.0. The molecular formula is C50H49ClN12. The summed E-state index contributed by atoms with van der Waals surface area (Å²) in [7, 11) is 0. The van der Waals surface area contributed by atoms with Crippen molar-refractivity contribution in [2.24, 2.45) is 0 Å². The molecule has 0 spiro atoms. The van der Waals surface area contributed by atoms with Gasteiger partial charge >= 0.3 is 0 Å². The summed E-state index contributed by atoms with van der Waals surface area (Å²) in [5, 5.41) is 9.86. The van der Waals surface area contributed by atoms with E-state index in [2.05, 4.69) is 101 Å². The molecule has 4 aliphatic heterocycles. The van der Waals surface area contributed by atoms with E-state index >= 15 is 0 Å². The van der Waals surface area contributed by atoms with Crippen LogP contribution in [0.15, 0.2) is 147 Å². The van der Waals surface area contributed by atoms with E-state index in [0.717, 1.165) is 97.4 Å². The number of para-hydroxylation sites is 2. The molecule has 8 aromatic rings. The largest absolute Gasteiger partial charge is 0.355 e. The van der Waals surface area contributed by atoms with Gasteiger partial charge in [0.05, 0.1) is 34.2 Å². The summed E-state index contributed by atoms with van der Waals surface area (Å²) in [6.45, 7) is 6.83. The maximum atomic E-state index is 6.10. The lowest BCUT2D eigenvalue weighted by Crippen LogP contribution is -2.46. The standard InChI is InChI=1S/C25H24N6.C16H13ClN4.C9H12N2/c1-2-6-21-17(4-1)7-8-23(30-21)31-15-20(16-31)24-25(28-11-10-27-24)22-12-19(14-29-22)18-5-3-9-26-13-18;17-16-15(18-7-8-19-16)12-9-21(10-12)14-6-5-11-3-1-2-4-13(11)20-14;1-2-8(6-10-4-1)9-3-5-11-7-9/h1-11,13,19-20,22,29H,12,14-16H2;1-8,12H,9-10H2;1-2,4,6,9,11H,3,5,7H2. The van der Waals surface area contributed by atoms with Crippen molar-refractivity contribution in [2.45, 2.75) is 42.6 Å². The molecule has 2 aromatic carbocycles. The minimum Gasteiger partial charge on any atom is -0.355 e. The molecule has 0 amide bonds. The maximum absolute atomic E-state index is 6.10. The number of hydrogen-bond donors (Lipinski definition) is 2. The highest BCUT2D eigenvalue weighted by Crippen LogP contribution is 2.38. The van der Waals surface area contributed by atoms with Crippen LogP contribution in [-0.4, -0.2) is 85.7 Å². The molecule has 4 fully saturated rings. The number of aromatic nitrogens is 8. The van der Waals surface area contributed by atoms with Gasteiger partial charge in [-0.15, -0.1) is 0 Å². The van der Waals surface area contributed by atoms with Crippen LogP contribution >= 0.6 is 11.6 Å². The number of pyridine rings is 4. The normalized spacial score (nSPS) is 19.7. The number of nitrogens with one attached hydrogen (secondary N) is 2. The van der Waals surface area contributed by atoms with Gasteiger partial charge < -0.3 is 20.4 Å². The van der Waals surface area contributed by atoms with E-state index in [1.165, 1.54) is 22.9 Å². The third kappa shape index (κ3) is 9.20. The number of nitrogens with zero attached hydrogens (tertiary/aromatic N) is 10. The quantitative estimate of drug-likeness (QED) is 0.160. The molecule has 0 saturated carbocycles. The van der Waals surface area contributed by atoms with Gasteiger partial charge in [0.15, 0.2) is 5.15 Å². The molecule has 12 nitrogen and oxygen atoms in total. The maximum Gasteiger partial charge on any atom is 0.150 e. The van der Waals surface area contributed by atoms with Crippen LogP contribution < -0.4 is 20.4 Å². The van der Waals surface area contributed by atoms with Crippen molar-refractivity contribution >= 4 is 45.0 Å². The minimum absolute atomic E-state index is 0.238. The highest BCUT2D eigenvalue weighted by Gasteiger charge is 2.36. The molecule has 12 rings (SSSR count). The lowest BCUT2D eigenvalue weighted by molar-refractivity contribution is 0.490. The van der Waals surface area contributed by atoms with E-state index in [1.54, 1.807) is 12.4 Å². The topological polar surface area (TPSA) is 134 Å². The second kappa shape index (κ2) is 18.9. The van der Waals surface area contributed by atoms with Crippen molar-refractivity contribution in [1.82, 2.24) is 50.5 Å². The first-order valence-electron chi connectivity index (χ1n) is 21.9. The summed E-state index contributed by atoms with van der Waals surface area (Å²) in [5.41, 5.74) is 7.85. The number of hydrogen-bond acceptors (Lipinski definition) is 12. The molecule has 6 aromatic heterocycles. The minimum atomic E-state index is 0.238. The van der Waals surface area contributed by atoms with E-state index in [9.17, 15) is 0 Å². The van der Waals surface area contributed by atoms with Gasteiger partial charge in [-0.3, -0.25) is 24.9 Å². The van der Waals surface area contributed by atoms with Crippen LogP contribution in [0.4, 0.5) is 11.6 Å². The Kier molecular flexibility index (Phi) is 12.2. The van der Waals surface area contributed by atoms with Gasteiger partial charge in [-0.1, -0.05) is 60.1 Å². The summed E-state index contributed by atoms with van der Waals surface area (Å²) in [6, 6.07) is 33.4. The average molecular weight is 853 g/mol. The smallest absolute Gasteiger partial charge is 0.150 e. The Bertz CT molecular complexity index is 2760. The molecule has 10 heterocycles. The third-order valence-corrected chi connectivity index (χ3v) is 12.9. The molecule has 4 aliphatic rings. The van der Waals surface area contributed by atoms with E-state index in [1.807, 2.05) is 73.6 Å². The van der Waals surface area contributed by atoms with Gasteiger partial charge in [0.1, 0.15) is 11.6 Å². The van der Waals surface area contributed by atoms with Crippen LogP contribution in [0.1, 0.15) is 70.8 Å². The molecule has 0 radical (unpaired) electrons. The first kappa shape index (κ1) is 40.6. The SMILES string of the molecule is Clc1nccnc1C1CN(c2ccc3ccccc3n2)C1.c1cncc(C2CCNC2)c1.c1cncc(C2CNC(c3nccnc3C3CN(c4ccc5ccccc5n4)C3)C2)c1. The number of anilines is 2. The fraction of sp³-hybridized carbons (Fsp3) is 0.280. The molecule has 2 N–H and O–H groups in total. The van der Waals surface area contributed by atoms with E-state index in [-0.39, 0.29) is 6.04 Å². The van der Waals surface area contributed by atoms with Crippen molar-refractivity contribution in [2.75, 3.05) is 55.6 Å². The van der Waals surface area contributed by atoms with E-state index < -0.39 is 0 Å². The molecule has 0 aliphatic carbocycles. The van der Waals surface area contributed by atoms with Gasteiger partial charge in [0.25, 0.3) is 0 Å². The summed E-state index contributed by atoms with van der Waals surface area (Å²) < 4.78 is 0. The van der Waals surface area contributed by atoms with Gasteiger partial charge in [-0.05, 0) is 90.9 Å². The molecule has 0 bridgehead atoms.